The van der Waals surface area contributed by atoms with Gasteiger partial charge in [-0.15, -0.1) is 10.2 Å². The van der Waals surface area contributed by atoms with E-state index in [1.54, 1.807) is 13.2 Å². The number of furan rings is 1. The van der Waals surface area contributed by atoms with Gasteiger partial charge < -0.3 is 8.83 Å². The lowest BCUT2D eigenvalue weighted by Crippen LogP contribution is -2.17. The number of aryl methyl sites for hydroxylation is 1. The van der Waals surface area contributed by atoms with Crippen LogP contribution < -0.4 is 5.32 Å². The summed E-state index contributed by atoms with van der Waals surface area (Å²) in [5.74, 6) is 2.06. The monoisotopic (exact) mass is 207 g/mol. The van der Waals surface area contributed by atoms with Crippen LogP contribution in [0, 0.1) is 6.92 Å². The smallest absolute Gasteiger partial charge is 0.230 e. The topological polar surface area (TPSA) is 64.1 Å². The Hall–Kier alpha value is -1.62. The largest absolute Gasteiger partial charge is 0.468 e. The van der Waals surface area contributed by atoms with Gasteiger partial charge in [0.25, 0.3) is 0 Å². The van der Waals surface area contributed by atoms with Crippen LogP contribution in [0.4, 0.5) is 0 Å². The van der Waals surface area contributed by atoms with Crippen LogP contribution in [0.15, 0.2) is 27.2 Å². The number of aromatic nitrogens is 2. The number of hydrogen-bond acceptors (Lipinski definition) is 5. The second kappa shape index (κ2) is 4.27. The van der Waals surface area contributed by atoms with E-state index in [0.717, 1.165) is 5.76 Å². The van der Waals surface area contributed by atoms with Crippen molar-refractivity contribution in [3.05, 3.63) is 35.9 Å². The molecule has 0 aliphatic heterocycles. The molecule has 0 fully saturated rings. The Kier molecular flexibility index (Phi) is 2.82. The first-order valence-corrected chi connectivity index (χ1v) is 4.81. The molecule has 15 heavy (non-hydrogen) atoms. The van der Waals surface area contributed by atoms with Crippen molar-refractivity contribution in [2.75, 3.05) is 0 Å². The second-order valence-electron chi connectivity index (χ2n) is 3.33. The Bertz CT molecular complexity index is 408. The molecule has 0 saturated carbocycles. The average molecular weight is 207 g/mol. The zero-order chi connectivity index (χ0) is 10.7. The SMILES string of the molecule is Cc1nnc(CN[C@@H](C)c2ccco2)o1. The van der Waals surface area contributed by atoms with Crippen LogP contribution in [0.25, 0.3) is 0 Å². The van der Waals surface area contributed by atoms with Crippen molar-refractivity contribution < 1.29 is 8.83 Å². The molecule has 2 rings (SSSR count). The summed E-state index contributed by atoms with van der Waals surface area (Å²) in [5.41, 5.74) is 0. The standard InChI is InChI=1S/C10H13N3O2/c1-7(9-4-3-5-14-9)11-6-10-13-12-8(2)15-10/h3-5,7,11H,6H2,1-2H3/t7-/m0/s1. The van der Waals surface area contributed by atoms with Crippen molar-refractivity contribution in [2.45, 2.75) is 26.4 Å². The quantitative estimate of drug-likeness (QED) is 0.828. The van der Waals surface area contributed by atoms with Crippen LogP contribution in [0.3, 0.4) is 0 Å². The maximum atomic E-state index is 5.26. The number of nitrogens with one attached hydrogen (secondary N) is 1. The molecule has 2 heterocycles. The van der Waals surface area contributed by atoms with Gasteiger partial charge in [0, 0.05) is 6.92 Å². The van der Waals surface area contributed by atoms with Crippen LogP contribution >= 0.6 is 0 Å². The molecule has 1 atom stereocenters. The summed E-state index contributed by atoms with van der Waals surface area (Å²) in [7, 11) is 0. The lowest BCUT2D eigenvalue weighted by atomic mass is 10.2. The number of hydrogen-bond donors (Lipinski definition) is 1. The third-order valence-electron chi connectivity index (χ3n) is 2.10. The summed E-state index contributed by atoms with van der Waals surface area (Å²) < 4.78 is 10.5. The zero-order valence-corrected chi connectivity index (χ0v) is 8.73. The second-order valence-corrected chi connectivity index (χ2v) is 3.33. The molecule has 0 bridgehead atoms. The van der Waals surface area contributed by atoms with Gasteiger partial charge >= 0.3 is 0 Å². The minimum atomic E-state index is 0.132. The molecule has 80 valence electrons. The van der Waals surface area contributed by atoms with E-state index in [-0.39, 0.29) is 6.04 Å². The molecule has 0 amide bonds. The number of rotatable bonds is 4. The fourth-order valence-electron chi connectivity index (χ4n) is 1.29. The van der Waals surface area contributed by atoms with Gasteiger partial charge in [0.15, 0.2) is 0 Å². The molecule has 5 nitrogen and oxygen atoms in total. The summed E-state index contributed by atoms with van der Waals surface area (Å²) in [5, 5.41) is 10.9. The van der Waals surface area contributed by atoms with Gasteiger partial charge in [-0.05, 0) is 19.1 Å². The minimum Gasteiger partial charge on any atom is -0.468 e. The molecule has 0 spiro atoms. The highest BCUT2D eigenvalue weighted by Crippen LogP contribution is 2.12. The van der Waals surface area contributed by atoms with E-state index in [0.29, 0.717) is 18.3 Å². The van der Waals surface area contributed by atoms with Crippen LogP contribution in [0.1, 0.15) is 30.5 Å². The highest BCUT2D eigenvalue weighted by Gasteiger charge is 2.09. The van der Waals surface area contributed by atoms with Gasteiger partial charge in [0.1, 0.15) is 5.76 Å². The van der Waals surface area contributed by atoms with E-state index in [2.05, 4.69) is 15.5 Å². The number of nitrogens with zero attached hydrogens (tertiary/aromatic N) is 2. The zero-order valence-electron chi connectivity index (χ0n) is 8.73. The molecule has 0 aromatic carbocycles. The van der Waals surface area contributed by atoms with E-state index in [9.17, 15) is 0 Å². The fraction of sp³-hybridized carbons (Fsp3) is 0.400. The van der Waals surface area contributed by atoms with Gasteiger partial charge in [0.2, 0.25) is 11.8 Å². The Morgan fingerprint density at radius 1 is 1.47 bits per heavy atom. The average Bonchev–Trinajstić information content (AvgIpc) is 2.84. The van der Waals surface area contributed by atoms with E-state index in [1.165, 1.54) is 0 Å². The van der Waals surface area contributed by atoms with Crippen LogP contribution in [0.2, 0.25) is 0 Å². The van der Waals surface area contributed by atoms with Gasteiger partial charge in [0.05, 0.1) is 18.8 Å². The third kappa shape index (κ3) is 2.44. The molecule has 0 aliphatic rings. The summed E-state index contributed by atoms with van der Waals surface area (Å²) in [6.07, 6.45) is 1.66. The molecular formula is C10H13N3O2. The van der Waals surface area contributed by atoms with Crippen LogP contribution in [0.5, 0.6) is 0 Å². The van der Waals surface area contributed by atoms with Crippen LogP contribution in [-0.4, -0.2) is 10.2 Å². The Labute approximate surface area is 87.5 Å². The van der Waals surface area contributed by atoms with Gasteiger partial charge in [-0.3, -0.25) is 5.32 Å². The fourth-order valence-corrected chi connectivity index (χ4v) is 1.29. The maximum absolute atomic E-state index is 5.26. The first-order chi connectivity index (χ1) is 7.25. The molecule has 0 radical (unpaired) electrons. The summed E-state index contributed by atoms with van der Waals surface area (Å²) >= 11 is 0. The van der Waals surface area contributed by atoms with Crippen LogP contribution in [-0.2, 0) is 6.54 Å². The summed E-state index contributed by atoms with van der Waals surface area (Å²) in [4.78, 5) is 0. The first-order valence-electron chi connectivity index (χ1n) is 4.81. The molecule has 0 aliphatic carbocycles. The Morgan fingerprint density at radius 2 is 2.33 bits per heavy atom. The lowest BCUT2D eigenvalue weighted by Gasteiger charge is -2.08. The third-order valence-corrected chi connectivity index (χ3v) is 2.10. The summed E-state index contributed by atoms with van der Waals surface area (Å²) in [6.45, 7) is 4.33. The highest BCUT2D eigenvalue weighted by molar-refractivity contribution is 5.03. The molecule has 0 saturated heterocycles. The normalized spacial score (nSPS) is 12.9. The Morgan fingerprint density at radius 3 is 2.93 bits per heavy atom. The van der Waals surface area contributed by atoms with E-state index < -0.39 is 0 Å². The van der Waals surface area contributed by atoms with Crippen molar-refractivity contribution >= 4 is 0 Å². The first kappa shape index (κ1) is 9.92. The minimum absolute atomic E-state index is 0.132. The van der Waals surface area contributed by atoms with E-state index in [4.69, 9.17) is 8.83 Å². The predicted molar refractivity (Wildman–Crippen MR) is 53.0 cm³/mol. The van der Waals surface area contributed by atoms with Crippen molar-refractivity contribution in [2.24, 2.45) is 0 Å². The lowest BCUT2D eigenvalue weighted by molar-refractivity contribution is 0.395. The van der Waals surface area contributed by atoms with Crippen molar-refractivity contribution in [3.63, 3.8) is 0 Å². The molecular weight excluding hydrogens is 194 g/mol. The summed E-state index contributed by atoms with van der Waals surface area (Å²) in [6, 6.07) is 3.92. The molecule has 5 heteroatoms. The van der Waals surface area contributed by atoms with Gasteiger partial charge in [-0.25, -0.2) is 0 Å². The molecule has 2 aromatic heterocycles. The highest BCUT2D eigenvalue weighted by atomic mass is 16.4. The van der Waals surface area contributed by atoms with E-state index in [1.807, 2.05) is 19.1 Å². The van der Waals surface area contributed by atoms with Crippen molar-refractivity contribution in [3.8, 4) is 0 Å². The van der Waals surface area contributed by atoms with E-state index >= 15 is 0 Å². The Balaban J connectivity index is 1.88. The molecule has 0 unspecified atom stereocenters. The van der Waals surface area contributed by atoms with Crippen molar-refractivity contribution in [1.29, 1.82) is 0 Å². The molecule has 1 N–H and O–H groups in total. The maximum Gasteiger partial charge on any atom is 0.230 e. The van der Waals surface area contributed by atoms with Gasteiger partial charge in [-0.1, -0.05) is 0 Å². The van der Waals surface area contributed by atoms with Crippen molar-refractivity contribution in [1.82, 2.24) is 15.5 Å². The predicted octanol–water partition coefficient (Wildman–Crippen LogP) is 1.82. The molecule has 2 aromatic rings. The van der Waals surface area contributed by atoms with Gasteiger partial charge in [-0.2, -0.15) is 0 Å².